The van der Waals surface area contributed by atoms with Crippen LogP contribution in [0, 0.1) is 11.8 Å². The number of carbonyl (C=O) groups is 2. The number of ether oxygens (including phenoxy) is 1. The van der Waals surface area contributed by atoms with Gasteiger partial charge in [-0.15, -0.1) is 0 Å². The van der Waals surface area contributed by atoms with Crippen LogP contribution in [0.25, 0.3) is 10.8 Å². The largest absolute Gasteiger partial charge is 0.496 e. The third-order valence-electron chi connectivity index (χ3n) is 4.59. The predicted octanol–water partition coefficient (Wildman–Crippen LogP) is 2.58. The first kappa shape index (κ1) is 15.3. The summed E-state index contributed by atoms with van der Waals surface area (Å²) >= 11 is 0. The molecule has 2 aromatic rings. The third kappa shape index (κ3) is 2.86. The molecule has 1 aliphatic carbocycles. The fourth-order valence-electron chi connectivity index (χ4n) is 3.11. The van der Waals surface area contributed by atoms with Gasteiger partial charge in [0.15, 0.2) is 0 Å². The average Bonchev–Trinajstić information content (AvgIpc) is 2.50. The molecular weight excluding hydrogens is 294 g/mol. The quantitative estimate of drug-likeness (QED) is 0.889. The van der Waals surface area contributed by atoms with Crippen molar-refractivity contribution >= 4 is 22.6 Å². The molecule has 2 N–H and O–H groups in total. The second-order valence-corrected chi connectivity index (χ2v) is 5.81. The fourth-order valence-corrected chi connectivity index (χ4v) is 3.11. The van der Waals surface area contributed by atoms with Crippen LogP contribution >= 0.6 is 0 Å². The molecule has 0 aromatic heterocycles. The highest BCUT2D eigenvalue weighted by atomic mass is 16.5. The summed E-state index contributed by atoms with van der Waals surface area (Å²) in [6.45, 7) is 0.326. The first-order chi connectivity index (χ1) is 11.1. The summed E-state index contributed by atoms with van der Waals surface area (Å²) in [6, 6.07) is 11.8. The number of methoxy groups -OCH3 is 1. The topological polar surface area (TPSA) is 75.6 Å². The summed E-state index contributed by atoms with van der Waals surface area (Å²) < 4.78 is 5.40. The summed E-state index contributed by atoms with van der Waals surface area (Å²) in [6.07, 6.45) is 1.21. The Balaban J connectivity index is 1.79. The summed E-state index contributed by atoms with van der Waals surface area (Å²) in [5.74, 6) is -1.34. The Morgan fingerprint density at radius 3 is 2.57 bits per heavy atom. The van der Waals surface area contributed by atoms with Crippen LogP contribution in [0.2, 0.25) is 0 Å². The highest BCUT2D eigenvalue weighted by Crippen LogP contribution is 2.35. The van der Waals surface area contributed by atoms with Gasteiger partial charge in [0.1, 0.15) is 5.75 Å². The minimum absolute atomic E-state index is 0.196. The standard InChI is InChI=1S/C18H19NO4/c1-23-16-9-6-11-4-2-3-5-12(11)15(16)10-19-17(20)13-7-8-14(13)18(21)22/h2-6,9,13-14H,7-8,10H2,1H3,(H,19,20)(H,21,22). The lowest BCUT2D eigenvalue weighted by Gasteiger charge is -2.32. The molecule has 0 saturated heterocycles. The van der Waals surface area contributed by atoms with E-state index in [9.17, 15) is 9.59 Å². The van der Waals surface area contributed by atoms with Crippen molar-refractivity contribution in [3.05, 3.63) is 42.0 Å². The number of fused-ring (bicyclic) bond motifs is 1. The summed E-state index contributed by atoms with van der Waals surface area (Å²) in [7, 11) is 1.60. The number of carboxylic acids is 1. The predicted molar refractivity (Wildman–Crippen MR) is 86.2 cm³/mol. The van der Waals surface area contributed by atoms with Crippen LogP contribution in [0.3, 0.4) is 0 Å². The van der Waals surface area contributed by atoms with Crippen LogP contribution in [-0.2, 0) is 16.1 Å². The SMILES string of the molecule is COc1ccc2ccccc2c1CNC(=O)C1CCC1C(=O)O. The van der Waals surface area contributed by atoms with Gasteiger partial charge < -0.3 is 15.2 Å². The fraction of sp³-hybridized carbons (Fsp3) is 0.333. The Kier molecular flexibility index (Phi) is 4.19. The number of rotatable bonds is 5. The first-order valence-corrected chi connectivity index (χ1v) is 7.67. The molecule has 3 rings (SSSR count). The molecule has 1 amide bonds. The third-order valence-corrected chi connectivity index (χ3v) is 4.59. The zero-order valence-electron chi connectivity index (χ0n) is 12.9. The number of hydrogen-bond acceptors (Lipinski definition) is 3. The van der Waals surface area contributed by atoms with Crippen LogP contribution < -0.4 is 10.1 Å². The molecule has 2 aromatic carbocycles. The Hall–Kier alpha value is -2.56. The molecule has 0 bridgehead atoms. The Labute approximate surface area is 134 Å². The summed E-state index contributed by atoms with van der Waals surface area (Å²) in [5, 5.41) is 14.0. The van der Waals surface area contributed by atoms with E-state index in [1.165, 1.54) is 0 Å². The maximum absolute atomic E-state index is 12.2. The maximum atomic E-state index is 12.2. The highest BCUT2D eigenvalue weighted by Gasteiger charge is 2.41. The molecule has 0 radical (unpaired) electrons. The van der Waals surface area contributed by atoms with Crippen molar-refractivity contribution in [2.24, 2.45) is 11.8 Å². The first-order valence-electron chi connectivity index (χ1n) is 7.67. The lowest BCUT2D eigenvalue weighted by Crippen LogP contribution is -2.43. The van der Waals surface area contributed by atoms with Gasteiger partial charge in [0, 0.05) is 12.1 Å². The van der Waals surface area contributed by atoms with E-state index in [0.717, 1.165) is 16.3 Å². The van der Waals surface area contributed by atoms with E-state index >= 15 is 0 Å². The van der Waals surface area contributed by atoms with Crippen molar-refractivity contribution < 1.29 is 19.4 Å². The van der Waals surface area contributed by atoms with Gasteiger partial charge in [-0.1, -0.05) is 30.3 Å². The zero-order chi connectivity index (χ0) is 16.4. The lowest BCUT2D eigenvalue weighted by molar-refractivity contribution is -0.152. The van der Waals surface area contributed by atoms with Crippen molar-refractivity contribution in [2.45, 2.75) is 19.4 Å². The molecule has 2 atom stereocenters. The van der Waals surface area contributed by atoms with E-state index in [2.05, 4.69) is 5.32 Å². The van der Waals surface area contributed by atoms with Gasteiger partial charge in [0.25, 0.3) is 0 Å². The number of nitrogens with one attached hydrogen (secondary N) is 1. The van der Waals surface area contributed by atoms with Crippen molar-refractivity contribution in [1.82, 2.24) is 5.32 Å². The van der Waals surface area contributed by atoms with Crippen LogP contribution in [0.15, 0.2) is 36.4 Å². The molecule has 120 valence electrons. The minimum atomic E-state index is -0.890. The van der Waals surface area contributed by atoms with Crippen LogP contribution in [0.4, 0.5) is 0 Å². The van der Waals surface area contributed by atoms with Crippen LogP contribution in [0.1, 0.15) is 18.4 Å². The molecule has 0 aliphatic heterocycles. The molecular formula is C18H19NO4. The minimum Gasteiger partial charge on any atom is -0.496 e. The number of carboxylic acid groups (broad SMARTS) is 1. The van der Waals surface area contributed by atoms with Gasteiger partial charge in [0.05, 0.1) is 18.9 Å². The summed E-state index contributed by atoms with van der Waals surface area (Å²) in [4.78, 5) is 23.3. The summed E-state index contributed by atoms with van der Waals surface area (Å²) in [5.41, 5.74) is 0.908. The van der Waals surface area contributed by atoms with E-state index in [-0.39, 0.29) is 5.91 Å². The molecule has 5 heteroatoms. The molecule has 0 spiro atoms. The number of carbonyl (C=O) groups excluding carboxylic acids is 1. The Morgan fingerprint density at radius 2 is 1.91 bits per heavy atom. The molecule has 2 unspecified atom stereocenters. The van der Waals surface area contributed by atoms with E-state index in [0.29, 0.717) is 25.1 Å². The highest BCUT2D eigenvalue weighted by molar-refractivity contribution is 5.89. The van der Waals surface area contributed by atoms with Gasteiger partial charge in [-0.3, -0.25) is 9.59 Å². The Morgan fingerprint density at radius 1 is 1.17 bits per heavy atom. The van der Waals surface area contributed by atoms with Gasteiger partial charge in [-0.2, -0.15) is 0 Å². The lowest BCUT2D eigenvalue weighted by atomic mass is 9.73. The molecule has 1 saturated carbocycles. The monoisotopic (exact) mass is 313 g/mol. The van der Waals surface area contributed by atoms with Crippen molar-refractivity contribution in [3.8, 4) is 5.75 Å². The van der Waals surface area contributed by atoms with E-state index < -0.39 is 17.8 Å². The number of hydrogen-bond donors (Lipinski definition) is 2. The van der Waals surface area contributed by atoms with Gasteiger partial charge >= 0.3 is 5.97 Å². The molecule has 0 heterocycles. The van der Waals surface area contributed by atoms with Crippen molar-refractivity contribution in [1.29, 1.82) is 0 Å². The second-order valence-electron chi connectivity index (χ2n) is 5.81. The number of benzene rings is 2. The van der Waals surface area contributed by atoms with E-state index in [1.54, 1.807) is 7.11 Å². The van der Waals surface area contributed by atoms with Crippen LogP contribution in [-0.4, -0.2) is 24.1 Å². The normalized spacial score (nSPS) is 19.9. The number of aliphatic carboxylic acids is 1. The maximum Gasteiger partial charge on any atom is 0.307 e. The van der Waals surface area contributed by atoms with E-state index in [4.69, 9.17) is 9.84 Å². The average molecular weight is 313 g/mol. The zero-order valence-corrected chi connectivity index (χ0v) is 12.9. The van der Waals surface area contributed by atoms with Crippen molar-refractivity contribution in [2.75, 3.05) is 7.11 Å². The smallest absolute Gasteiger partial charge is 0.307 e. The molecule has 5 nitrogen and oxygen atoms in total. The molecule has 1 fully saturated rings. The molecule has 1 aliphatic rings. The van der Waals surface area contributed by atoms with Gasteiger partial charge in [-0.25, -0.2) is 0 Å². The molecule has 23 heavy (non-hydrogen) atoms. The van der Waals surface area contributed by atoms with Gasteiger partial charge in [0.2, 0.25) is 5.91 Å². The van der Waals surface area contributed by atoms with Crippen LogP contribution in [0.5, 0.6) is 5.75 Å². The Bertz CT molecular complexity index is 756. The number of amides is 1. The van der Waals surface area contributed by atoms with E-state index in [1.807, 2.05) is 36.4 Å². The van der Waals surface area contributed by atoms with Crippen molar-refractivity contribution in [3.63, 3.8) is 0 Å². The van der Waals surface area contributed by atoms with Gasteiger partial charge in [-0.05, 0) is 29.7 Å². The second kappa shape index (κ2) is 6.28.